The fourth-order valence-corrected chi connectivity index (χ4v) is 2.12. The Morgan fingerprint density at radius 2 is 0.625 bits per heavy atom. The first-order chi connectivity index (χ1) is 14.5. The Kier molecular flexibility index (Phi) is 6.73. The van der Waals surface area contributed by atoms with E-state index in [1.165, 1.54) is 0 Å². The lowest BCUT2D eigenvalue weighted by Crippen LogP contribution is -2.39. The monoisotopic (exact) mass is 494 g/mol. The maximum Gasteiger partial charge on any atom is 0.645 e. The summed E-state index contributed by atoms with van der Waals surface area (Å²) in [7, 11) is -4.20. The van der Waals surface area contributed by atoms with Gasteiger partial charge in [-0.2, -0.15) is 17.6 Å². The van der Waals surface area contributed by atoms with Gasteiger partial charge in [0, 0.05) is 0 Å². The second-order valence-electron chi connectivity index (χ2n) is 5.47. The van der Waals surface area contributed by atoms with E-state index in [2.05, 4.69) is 9.31 Å². The first kappa shape index (κ1) is 25.7. The number of halogens is 14. The number of rotatable bonds is 6. The van der Waals surface area contributed by atoms with Gasteiger partial charge in [0.25, 0.3) is 0 Å². The predicted molar refractivity (Wildman–Crippen MR) is 70.4 cm³/mol. The van der Waals surface area contributed by atoms with Crippen molar-refractivity contribution in [3.63, 3.8) is 0 Å². The second kappa shape index (κ2) is 8.40. The highest BCUT2D eigenvalue weighted by Gasteiger charge is 2.52. The highest BCUT2D eigenvalue weighted by molar-refractivity contribution is 6.34. The van der Waals surface area contributed by atoms with Crippen LogP contribution < -0.4 is 0 Å². The van der Waals surface area contributed by atoms with Crippen molar-refractivity contribution in [2.45, 2.75) is 12.2 Å². The third kappa shape index (κ3) is 4.21. The van der Waals surface area contributed by atoms with Crippen LogP contribution in [0.1, 0.15) is 11.1 Å². The summed E-state index contributed by atoms with van der Waals surface area (Å²) in [5.41, 5.74) is -6.20. The summed E-state index contributed by atoms with van der Waals surface area (Å²) in [5.74, 6) is -30.5. The quantitative estimate of drug-likeness (QED) is 0.270. The Labute approximate surface area is 165 Å². The van der Waals surface area contributed by atoms with Crippen molar-refractivity contribution in [1.82, 2.24) is 0 Å². The molecule has 0 aliphatic heterocycles. The van der Waals surface area contributed by atoms with Crippen molar-refractivity contribution in [2.24, 2.45) is 0 Å². The molecule has 0 fully saturated rings. The van der Waals surface area contributed by atoms with Crippen molar-refractivity contribution < 1.29 is 75.8 Å². The van der Waals surface area contributed by atoms with Crippen LogP contribution in [0.5, 0.6) is 0 Å². The molecule has 0 aliphatic rings. The summed E-state index contributed by atoms with van der Waals surface area (Å²) in [4.78, 5) is 0. The molecular weight excluding hydrogens is 493 g/mol. The molecule has 3 nitrogen and oxygen atoms in total. The van der Waals surface area contributed by atoms with Crippen molar-refractivity contribution in [3.8, 4) is 0 Å². The Morgan fingerprint density at radius 1 is 0.438 bits per heavy atom. The van der Waals surface area contributed by atoms with E-state index in [1.807, 2.05) is 0 Å². The van der Waals surface area contributed by atoms with E-state index in [9.17, 15) is 61.5 Å². The van der Waals surface area contributed by atoms with Crippen LogP contribution >= 0.6 is 0 Å². The lowest BCUT2D eigenvalue weighted by molar-refractivity contribution is -0.253. The summed E-state index contributed by atoms with van der Waals surface area (Å²) in [6, 6.07) is 0. The highest BCUT2D eigenvalue weighted by Crippen LogP contribution is 2.40. The minimum absolute atomic E-state index is 2.91. The summed E-state index contributed by atoms with van der Waals surface area (Å²) in [6.07, 6.45) is -11.7. The van der Waals surface area contributed by atoms with Crippen molar-refractivity contribution in [3.05, 3.63) is 69.3 Å². The molecule has 2 aromatic carbocycles. The smallest absolute Gasteiger partial charge is 0.401 e. The molecule has 0 aromatic heterocycles. The first-order valence-corrected chi connectivity index (χ1v) is 7.28. The third-order valence-electron chi connectivity index (χ3n) is 3.50. The van der Waals surface area contributed by atoms with E-state index in [-0.39, 0.29) is 0 Å². The van der Waals surface area contributed by atoms with Crippen LogP contribution in [-0.2, 0) is 21.5 Å². The van der Waals surface area contributed by atoms with Crippen molar-refractivity contribution >= 4 is 7.32 Å². The topological polar surface area (TPSA) is 38.7 Å². The minimum atomic E-state index is -5.84. The SMILES string of the molecule is OB(OC(F)(F)c1c(F)c(F)c(F)c(F)c1F)OC(F)(F)c1c(F)c(F)c(F)c(F)c1F. The second-order valence-corrected chi connectivity index (χ2v) is 5.47. The molecule has 0 atom stereocenters. The Balaban J connectivity index is 2.42. The average Bonchev–Trinajstić information content (AvgIpc) is 2.66. The standard InChI is InChI=1S/C14HBF14O3/c16-3-1(4(17)8(21)11(24)7(3)20)13(26,27)31-15(30)32-14(28,29)2-5(18)9(22)12(25)10(23)6(2)19/h30H. The Bertz CT molecular complexity index is 934. The lowest BCUT2D eigenvalue weighted by Gasteiger charge is -2.24. The molecule has 0 radical (unpaired) electrons. The van der Waals surface area contributed by atoms with Crippen LogP contribution in [0.25, 0.3) is 0 Å². The molecule has 0 bridgehead atoms. The van der Waals surface area contributed by atoms with Crippen molar-refractivity contribution in [1.29, 1.82) is 0 Å². The molecule has 2 rings (SSSR count). The molecule has 0 saturated heterocycles. The normalized spacial score (nSPS) is 12.5. The summed E-state index contributed by atoms with van der Waals surface area (Å²) < 4.78 is 192. The van der Waals surface area contributed by atoms with Gasteiger partial charge in [-0.25, -0.2) is 43.9 Å². The summed E-state index contributed by atoms with van der Waals surface area (Å²) in [6.45, 7) is 0. The number of hydrogen-bond acceptors (Lipinski definition) is 3. The molecule has 0 unspecified atom stereocenters. The van der Waals surface area contributed by atoms with Crippen LogP contribution in [0.3, 0.4) is 0 Å². The summed E-state index contributed by atoms with van der Waals surface area (Å²) >= 11 is 0. The van der Waals surface area contributed by atoms with E-state index in [4.69, 9.17) is 5.02 Å². The fraction of sp³-hybridized carbons (Fsp3) is 0.143. The zero-order chi connectivity index (χ0) is 24.9. The van der Waals surface area contributed by atoms with Gasteiger partial charge in [0.15, 0.2) is 46.5 Å². The van der Waals surface area contributed by atoms with Gasteiger partial charge in [-0.3, -0.25) is 0 Å². The van der Waals surface area contributed by atoms with Gasteiger partial charge in [0.1, 0.15) is 11.1 Å². The average molecular weight is 494 g/mol. The van der Waals surface area contributed by atoms with Crippen LogP contribution in [-0.4, -0.2) is 12.3 Å². The number of benzene rings is 2. The Morgan fingerprint density at radius 3 is 0.844 bits per heavy atom. The van der Waals surface area contributed by atoms with Gasteiger partial charge < -0.3 is 14.3 Å². The van der Waals surface area contributed by atoms with Crippen molar-refractivity contribution in [2.75, 3.05) is 0 Å². The lowest BCUT2D eigenvalue weighted by atomic mass is 10.1. The van der Waals surface area contributed by atoms with E-state index >= 15 is 0 Å². The molecular formula is C14HBF14O3. The van der Waals surface area contributed by atoms with E-state index in [1.54, 1.807) is 0 Å². The number of hydrogen-bond donors (Lipinski definition) is 1. The summed E-state index contributed by atoms with van der Waals surface area (Å²) in [5, 5.41) is 8.98. The van der Waals surface area contributed by atoms with E-state index in [0.29, 0.717) is 0 Å². The molecule has 32 heavy (non-hydrogen) atoms. The molecule has 0 aliphatic carbocycles. The predicted octanol–water partition coefficient (Wildman–Crippen LogP) is 4.89. The van der Waals surface area contributed by atoms with Gasteiger partial charge in [-0.05, 0) is 0 Å². The zero-order valence-electron chi connectivity index (χ0n) is 14.1. The Hall–Kier alpha value is -2.60. The van der Waals surface area contributed by atoms with Crippen LogP contribution in [0, 0.1) is 58.2 Å². The molecule has 0 saturated carbocycles. The van der Waals surface area contributed by atoms with Gasteiger partial charge in [-0.15, -0.1) is 0 Å². The molecule has 0 heterocycles. The maximum atomic E-state index is 13.8. The zero-order valence-corrected chi connectivity index (χ0v) is 14.1. The van der Waals surface area contributed by atoms with Gasteiger partial charge in [0.2, 0.25) is 11.6 Å². The maximum absolute atomic E-state index is 13.8. The first-order valence-electron chi connectivity index (χ1n) is 7.28. The van der Waals surface area contributed by atoms with E-state index < -0.39 is 88.8 Å². The number of alkyl halides is 4. The third-order valence-corrected chi connectivity index (χ3v) is 3.50. The van der Waals surface area contributed by atoms with Gasteiger partial charge >= 0.3 is 19.5 Å². The molecule has 1 N–H and O–H groups in total. The molecule has 176 valence electrons. The largest absolute Gasteiger partial charge is 0.645 e. The van der Waals surface area contributed by atoms with Crippen LogP contribution in [0.2, 0.25) is 0 Å². The molecule has 0 spiro atoms. The van der Waals surface area contributed by atoms with Gasteiger partial charge in [-0.1, -0.05) is 0 Å². The molecule has 2 aromatic rings. The van der Waals surface area contributed by atoms with Crippen LogP contribution in [0.4, 0.5) is 61.5 Å². The van der Waals surface area contributed by atoms with E-state index in [0.717, 1.165) is 0 Å². The highest BCUT2D eigenvalue weighted by atomic mass is 19.3. The van der Waals surface area contributed by atoms with Crippen LogP contribution in [0.15, 0.2) is 0 Å². The molecule has 0 amide bonds. The molecule has 18 heteroatoms. The minimum Gasteiger partial charge on any atom is -0.401 e. The van der Waals surface area contributed by atoms with Gasteiger partial charge in [0.05, 0.1) is 0 Å². The fourth-order valence-electron chi connectivity index (χ4n) is 2.12.